The van der Waals surface area contributed by atoms with Gasteiger partial charge in [0.1, 0.15) is 0 Å². The lowest BCUT2D eigenvalue weighted by atomic mass is 9.78. The minimum Gasteiger partial charge on any atom is -0.0648 e. The second-order valence-electron chi connectivity index (χ2n) is 18.1. The van der Waals surface area contributed by atoms with Crippen LogP contribution >= 0.6 is 0 Å². The fourth-order valence-corrected chi connectivity index (χ4v) is 9.51. The van der Waals surface area contributed by atoms with E-state index in [0.29, 0.717) is 11.8 Å². The van der Waals surface area contributed by atoms with Gasteiger partial charge in [-0.3, -0.25) is 0 Å². The Bertz CT molecular complexity index is 2540. The van der Waals surface area contributed by atoms with Gasteiger partial charge in [0.15, 0.2) is 0 Å². The SMILES string of the molecule is CC[C@@H](C)c1ccc(-c2ccccc2)cc1.Cc1ccc2c(c1)C(C)(C)c1c-2ccc(-c2ccccc2C(C)C)c1C.Cc1ccc2c(c1)C(C)(C)c1ccccc1-2. The zero-order chi connectivity index (χ0) is 41.4. The van der Waals surface area contributed by atoms with E-state index in [1.807, 2.05) is 0 Å². The molecule has 7 aromatic carbocycles. The highest BCUT2D eigenvalue weighted by atomic mass is 14.4. The van der Waals surface area contributed by atoms with Crippen LogP contribution in [0.4, 0.5) is 0 Å². The maximum atomic E-state index is 2.38. The van der Waals surface area contributed by atoms with Crippen LogP contribution in [0.25, 0.3) is 44.5 Å². The Labute approximate surface area is 350 Å². The minimum atomic E-state index is 0.0452. The summed E-state index contributed by atoms with van der Waals surface area (Å²) in [4.78, 5) is 0. The summed E-state index contributed by atoms with van der Waals surface area (Å²) >= 11 is 0. The predicted octanol–water partition coefficient (Wildman–Crippen LogP) is 16.6. The van der Waals surface area contributed by atoms with E-state index in [1.54, 1.807) is 0 Å². The molecule has 0 saturated heterocycles. The molecule has 58 heavy (non-hydrogen) atoms. The summed E-state index contributed by atoms with van der Waals surface area (Å²) in [6.07, 6.45) is 1.20. The molecule has 0 N–H and O–H groups in total. The number of fused-ring (bicyclic) bond motifs is 6. The highest BCUT2D eigenvalue weighted by Crippen LogP contribution is 2.52. The maximum Gasteiger partial charge on any atom is 0.0161 e. The summed E-state index contributed by atoms with van der Waals surface area (Å²) in [5.41, 5.74) is 24.0. The van der Waals surface area contributed by atoms with E-state index >= 15 is 0 Å². The van der Waals surface area contributed by atoms with E-state index in [-0.39, 0.29) is 10.8 Å². The highest BCUT2D eigenvalue weighted by molar-refractivity contribution is 5.87. The number of hydrogen-bond acceptors (Lipinski definition) is 0. The largest absolute Gasteiger partial charge is 0.0648 e. The van der Waals surface area contributed by atoms with E-state index in [0.717, 1.165) is 0 Å². The standard InChI is InChI=1S/C26H28.C16H16.C16H18/c1-16(2)19-9-7-8-10-21(19)20-13-14-23-22-12-11-17(3)15-24(22)26(5,6)25(23)18(20)4;1-11-8-9-13-12-6-4-5-7-14(12)16(2,3)15(13)10-11;1-3-13(2)14-9-11-16(12-10-14)15-7-5-4-6-8-15/h7-16H,1-6H3;4-10H,1-3H3;4-13H,3H2,1-2H3/t;;13-/m..1/s1. The van der Waals surface area contributed by atoms with Crippen molar-refractivity contribution in [2.24, 2.45) is 0 Å². The Balaban J connectivity index is 0.000000139. The van der Waals surface area contributed by atoms with Crippen molar-refractivity contribution in [2.75, 3.05) is 0 Å². The summed E-state index contributed by atoms with van der Waals surface area (Å²) in [7, 11) is 0. The van der Waals surface area contributed by atoms with Crippen LogP contribution in [0.5, 0.6) is 0 Å². The van der Waals surface area contributed by atoms with E-state index in [4.69, 9.17) is 0 Å². The second kappa shape index (κ2) is 16.4. The number of hydrogen-bond donors (Lipinski definition) is 0. The first-order valence-electron chi connectivity index (χ1n) is 21.4. The van der Waals surface area contributed by atoms with Crippen LogP contribution in [-0.2, 0) is 10.8 Å². The van der Waals surface area contributed by atoms with E-state index in [2.05, 4.69) is 228 Å². The van der Waals surface area contributed by atoms with Crippen LogP contribution in [0.15, 0.2) is 152 Å². The van der Waals surface area contributed by atoms with Gasteiger partial charge in [0.05, 0.1) is 0 Å². The van der Waals surface area contributed by atoms with Crippen molar-refractivity contribution in [1.29, 1.82) is 0 Å². The van der Waals surface area contributed by atoms with Gasteiger partial charge in [0, 0.05) is 10.8 Å². The van der Waals surface area contributed by atoms with Crippen molar-refractivity contribution >= 4 is 0 Å². The average molecular weight is 759 g/mol. The van der Waals surface area contributed by atoms with Crippen LogP contribution in [-0.4, -0.2) is 0 Å². The Kier molecular flexibility index (Phi) is 11.5. The number of benzene rings is 7. The molecule has 9 rings (SSSR count). The lowest BCUT2D eigenvalue weighted by Crippen LogP contribution is -2.17. The van der Waals surface area contributed by atoms with Crippen molar-refractivity contribution in [3.05, 3.63) is 202 Å². The molecule has 0 unspecified atom stereocenters. The van der Waals surface area contributed by atoms with Crippen LogP contribution in [0, 0.1) is 20.8 Å². The summed E-state index contributed by atoms with van der Waals surface area (Å²) in [5.74, 6) is 1.18. The molecule has 0 heterocycles. The lowest BCUT2D eigenvalue weighted by Gasteiger charge is -2.25. The van der Waals surface area contributed by atoms with Crippen LogP contribution < -0.4 is 0 Å². The molecule has 0 aromatic heterocycles. The summed E-state index contributed by atoms with van der Waals surface area (Å²) in [6.45, 7) is 25.1. The van der Waals surface area contributed by atoms with Crippen LogP contribution in [0.2, 0.25) is 0 Å². The van der Waals surface area contributed by atoms with Crippen molar-refractivity contribution < 1.29 is 0 Å². The maximum absolute atomic E-state index is 2.38. The Morgan fingerprint density at radius 1 is 0.431 bits per heavy atom. The molecule has 0 amide bonds. The van der Waals surface area contributed by atoms with Gasteiger partial charge in [-0.05, 0) is 122 Å². The smallest absolute Gasteiger partial charge is 0.0161 e. The molecule has 0 aliphatic heterocycles. The fourth-order valence-electron chi connectivity index (χ4n) is 9.51. The zero-order valence-electron chi connectivity index (χ0n) is 36.8. The molecule has 0 bridgehead atoms. The van der Waals surface area contributed by atoms with Gasteiger partial charge in [0.25, 0.3) is 0 Å². The highest BCUT2D eigenvalue weighted by Gasteiger charge is 2.38. The van der Waals surface area contributed by atoms with Gasteiger partial charge in [0.2, 0.25) is 0 Å². The van der Waals surface area contributed by atoms with Crippen LogP contribution in [0.1, 0.15) is 124 Å². The van der Waals surface area contributed by atoms with E-state index in [9.17, 15) is 0 Å². The molecule has 2 aliphatic carbocycles. The fraction of sp³-hybridized carbons (Fsp3) is 0.276. The molecule has 0 radical (unpaired) electrons. The lowest BCUT2D eigenvalue weighted by molar-refractivity contribution is 0.655. The molecular weight excluding hydrogens is 697 g/mol. The van der Waals surface area contributed by atoms with Crippen molar-refractivity contribution in [3.8, 4) is 44.5 Å². The third-order valence-corrected chi connectivity index (χ3v) is 13.0. The third kappa shape index (κ3) is 7.63. The van der Waals surface area contributed by atoms with Crippen molar-refractivity contribution in [3.63, 3.8) is 0 Å². The molecule has 0 nitrogen and oxygen atoms in total. The first kappa shape index (κ1) is 40.7. The van der Waals surface area contributed by atoms with E-state index < -0.39 is 0 Å². The normalized spacial score (nSPS) is 14.2. The number of aryl methyl sites for hydroxylation is 2. The van der Waals surface area contributed by atoms with Crippen molar-refractivity contribution in [2.45, 2.75) is 105 Å². The molecule has 2 aliphatic rings. The van der Waals surface area contributed by atoms with Gasteiger partial charge in [-0.1, -0.05) is 218 Å². The molecular formula is C58H62. The molecule has 0 spiro atoms. The van der Waals surface area contributed by atoms with E-state index in [1.165, 1.54) is 101 Å². The first-order chi connectivity index (χ1) is 27.7. The second-order valence-corrected chi connectivity index (χ2v) is 18.1. The molecule has 1 atom stereocenters. The van der Waals surface area contributed by atoms with Gasteiger partial charge in [-0.25, -0.2) is 0 Å². The molecule has 0 fully saturated rings. The summed E-state index contributed by atoms with van der Waals surface area (Å²) in [6, 6.07) is 55.5. The summed E-state index contributed by atoms with van der Waals surface area (Å²) in [5, 5.41) is 0. The van der Waals surface area contributed by atoms with Gasteiger partial charge < -0.3 is 0 Å². The Morgan fingerprint density at radius 3 is 1.53 bits per heavy atom. The topological polar surface area (TPSA) is 0 Å². The quantitative estimate of drug-likeness (QED) is 0.164. The average Bonchev–Trinajstić information content (AvgIpc) is 3.60. The molecule has 0 saturated carbocycles. The van der Waals surface area contributed by atoms with Crippen molar-refractivity contribution in [1.82, 2.24) is 0 Å². The van der Waals surface area contributed by atoms with Gasteiger partial charge >= 0.3 is 0 Å². The monoisotopic (exact) mass is 758 g/mol. The van der Waals surface area contributed by atoms with Gasteiger partial charge in [-0.15, -0.1) is 0 Å². The molecule has 0 heteroatoms. The Morgan fingerprint density at radius 2 is 0.914 bits per heavy atom. The Hall–Kier alpha value is -5.46. The molecule has 294 valence electrons. The third-order valence-electron chi connectivity index (χ3n) is 13.0. The number of rotatable bonds is 5. The minimum absolute atomic E-state index is 0.0452. The summed E-state index contributed by atoms with van der Waals surface area (Å²) < 4.78 is 0. The predicted molar refractivity (Wildman–Crippen MR) is 252 cm³/mol. The van der Waals surface area contributed by atoms with Gasteiger partial charge in [-0.2, -0.15) is 0 Å². The zero-order valence-corrected chi connectivity index (χ0v) is 36.8. The van der Waals surface area contributed by atoms with Crippen LogP contribution in [0.3, 0.4) is 0 Å². The molecule has 7 aromatic rings. The first-order valence-corrected chi connectivity index (χ1v) is 21.4.